The molecule has 0 saturated heterocycles. The molecule has 2 heterocycles. The summed E-state index contributed by atoms with van der Waals surface area (Å²) in [5.41, 5.74) is 4.63. The van der Waals surface area contributed by atoms with E-state index in [4.69, 9.17) is 0 Å². The van der Waals surface area contributed by atoms with Crippen molar-refractivity contribution in [2.24, 2.45) is 0 Å². The first-order valence-corrected chi connectivity index (χ1v) is 13.1. The van der Waals surface area contributed by atoms with Crippen molar-refractivity contribution < 1.29 is 9.59 Å². The number of ketones is 1. The van der Waals surface area contributed by atoms with Crippen LogP contribution in [0.3, 0.4) is 0 Å². The Morgan fingerprint density at radius 1 is 1.06 bits per heavy atom. The topological polar surface area (TPSA) is 65.2 Å². The fourth-order valence-corrected chi connectivity index (χ4v) is 5.33. The van der Waals surface area contributed by atoms with E-state index in [1.165, 1.54) is 10.9 Å². The van der Waals surface area contributed by atoms with Gasteiger partial charge >= 0.3 is 0 Å². The van der Waals surface area contributed by atoms with Crippen molar-refractivity contribution in [3.05, 3.63) is 71.8 Å². The van der Waals surface area contributed by atoms with Gasteiger partial charge in [0.15, 0.2) is 0 Å². The van der Waals surface area contributed by atoms with Gasteiger partial charge in [-0.1, -0.05) is 61.4 Å². The Kier molecular flexibility index (Phi) is 8.47. The van der Waals surface area contributed by atoms with Crippen molar-refractivity contribution in [2.45, 2.75) is 51.5 Å². The number of rotatable bonds is 12. The average Bonchev–Trinajstić information content (AvgIpc) is 3.50. The molecule has 0 saturated carbocycles. The summed E-state index contributed by atoms with van der Waals surface area (Å²) in [7, 11) is 0. The van der Waals surface area contributed by atoms with Crippen LogP contribution in [0.4, 0.5) is 0 Å². The predicted octanol–water partition coefficient (Wildman–Crippen LogP) is 5.88. The van der Waals surface area contributed by atoms with Gasteiger partial charge in [0.2, 0.25) is 5.91 Å². The monoisotopic (exact) mass is 475 g/mol. The van der Waals surface area contributed by atoms with Gasteiger partial charge in [0, 0.05) is 35.8 Å². The van der Waals surface area contributed by atoms with E-state index in [0.29, 0.717) is 13.0 Å². The van der Waals surface area contributed by atoms with E-state index in [1.54, 1.807) is 18.7 Å². The summed E-state index contributed by atoms with van der Waals surface area (Å²) < 4.78 is 0. The first kappa shape index (κ1) is 24.1. The molecule has 0 unspecified atom stereocenters. The van der Waals surface area contributed by atoms with Gasteiger partial charge in [-0.05, 0) is 48.8 Å². The molecular weight excluding hydrogens is 442 g/mol. The molecule has 5 nitrogen and oxygen atoms in total. The molecule has 0 aliphatic carbocycles. The predicted molar refractivity (Wildman–Crippen MR) is 141 cm³/mol. The normalized spacial score (nSPS) is 14.0. The van der Waals surface area contributed by atoms with Crippen LogP contribution in [0, 0.1) is 0 Å². The van der Waals surface area contributed by atoms with Crippen molar-refractivity contribution in [3.8, 4) is 11.3 Å². The number of thioether (sulfide) groups is 1. The molecule has 2 aromatic carbocycles. The smallest absolute Gasteiger partial charge is 0.242 e. The molecule has 1 aliphatic heterocycles. The highest BCUT2D eigenvalue weighted by atomic mass is 32.2. The maximum atomic E-state index is 13.2. The molecule has 4 rings (SSSR count). The molecule has 0 spiro atoms. The Morgan fingerprint density at radius 3 is 2.62 bits per heavy atom. The lowest BCUT2D eigenvalue weighted by molar-refractivity contribution is -0.125. The molecule has 1 atom stereocenters. The van der Waals surface area contributed by atoms with Gasteiger partial charge in [-0.15, -0.1) is 11.8 Å². The molecule has 178 valence electrons. The zero-order valence-corrected chi connectivity index (χ0v) is 20.6. The second-order valence-corrected chi connectivity index (χ2v) is 9.71. The number of H-pyrrole nitrogens is 1. The molecule has 0 fully saturated rings. The van der Waals surface area contributed by atoms with Gasteiger partial charge in [-0.3, -0.25) is 4.79 Å². The van der Waals surface area contributed by atoms with Gasteiger partial charge in [0.05, 0.1) is 5.88 Å². The van der Waals surface area contributed by atoms with Crippen LogP contribution in [0.1, 0.15) is 44.6 Å². The fourth-order valence-electron chi connectivity index (χ4n) is 4.56. The van der Waals surface area contributed by atoms with Crippen LogP contribution < -0.4 is 5.32 Å². The van der Waals surface area contributed by atoms with Crippen molar-refractivity contribution in [1.29, 1.82) is 0 Å². The van der Waals surface area contributed by atoms with Crippen molar-refractivity contribution in [2.75, 3.05) is 12.4 Å². The maximum Gasteiger partial charge on any atom is 0.242 e. The molecule has 3 aromatic rings. The lowest BCUT2D eigenvalue weighted by atomic mass is 10.0. The minimum absolute atomic E-state index is 0.0832. The lowest BCUT2D eigenvalue weighted by Gasteiger charge is -2.26. The third-order valence-corrected chi connectivity index (χ3v) is 7.09. The average molecular weight is 476 g/mol. The maximum absolute atomic E-state index is 13.2. The first-order valence-electron chi connectivity index (χ1n) is 12.1. The van der Waals surface area contributed by atoms with E-state index < -0.39 is 0 Å². The SMILES string of the molecule is CC(=O)CCCCC[C@@H](C(=O)NCCc1c(-c2ccccc2)[nH]c2ccccc12)N1C=CSC1. The number of hydrogen-bond acceptors (Lipinski definition) is 4. The highest BCUT2D eigenvalue weighted by Gasteiger charge is 2.25. The van der Waals surface area contributed by atoms with E-state index in [-0.39, 0.29) is 17.7 Å². The van der Waals surface area contributed by atoms with E-state index in [1.807, 2.05) is 23.7 Å². The summed E-state index contributed by atoms with van der Waals surface area (Å²) >= 11 is 1.71. The Hall–Kier alpha value is -2.99. The number of carbonyl (C=O) groups excluding carboxylic acids is 2. The number of para-hydroxylation sites is 1. The third-order valence-electron chi connectivity index (χ3n) is 6.33. The molecule has 0 radical (unpaired) electrons. The number of carbonyl (C=O) groups is 2. The summed E-state index contributed by atoms with van der Waals surface area (Å²) in [6.07, 6.45) is 7.04. The van der Waals surface area contributed by atoms with E-state index in [0.717, 1.165) is 54.8 Å². The summed E-state index contributed by atoms with van der Waals surface area (Å²) in [5, 5.41) is 6.46. The number of Topliss-reactive ketones (excluding diaryl/α,β-unsaturated/α-hetero) is 1. The second kappa shape index (κ2) is 11.9. The van der Waals surface area contributed by atoms with Gasteiger partial charge in [-0.2, -0.15) is 0 Å². The summed E-state index contributed by atoms with van der Waals surface area (Å²) in [6, 6.07) is 18.5. The van der Waals surface area contributed by atoms with Crippen LogP contribution in [0.5, 0.6) is 0 Å². The van der Waals surface area contributed by atoms with Gasteiger partial charge in [0.1, 0.15) is 11.8 Å². The van der Waals surface area contributed by atoms with E-state index >= 15 is 0 Å². The summed E-state index contributed by atoms with van der Waals surface area (Å²) in [6.45, 7) is 2.23. The van der Waals surface area contributed by atoms with E-state index in [2.05, 4.69) is 57.7 Å². The molecule has 2 N–H and O–H groups in total. The van der Waals surface area contributed by atoms with Crippen LogP contribution in [0.15, 0.2) is 66.2 Å². The zero-order chi connectivity index (χ0) is 23.8. The molecule has 6 heteroatoms. The number of benzene rings is 2. The number of aromatic amines is 1. The number of hydrogen-bond donors (Lipinski definition) is 2. The number of aromatic nitrogens is 1. The molecule has 1 aromatic heterocycles. The Balaban J connectivity index is 1.40. The van der Waals surface area contributed by atoms with Gasteiger partial charge in [-0.25, -0.2) is 0 Å². The molecular formula is C28H33N3O2S. The molecule has 0 bridgehead atoms. The number of amides is 1. The van der Waals surface area contributed by atoms with Crippen LogP contribution in [0.2, 0.25) is 0 Å². The van der Waals surface area contributed by atoms with Crippen LogP contribution in [-0.2, 0) is 16.0 Å². The van der Waals surface area contributed by atoms with Crippen LogP contribution in [-0.4, -0.2) is 40.0 Å². The lowest BCUT2D eigenvalue weighted by Crippen LogP contribution is -2.44. The quantitative estimate of drug-likeness (QED) is 0.321. The van der Waals surface area contributed by atoms with Gasteiger partial charge < -0.3 is 20.0 Å². The molecule has 1 amide bonds. The minimum atomic E-state index is -0.167. The standard InChI is InChI=1S/C28H33N3O2S/c1-21(32)10-4-2-7-15-26(31-18-19-34-20-31)28(33)29-17-16-24-23-13-8-9-14-25(23)30-27(24)22-11-5-3-6-12-22/h3,5-6,8-9,11-14,18-19,26,30H,2,4,7,10,15-17,20H2,1H3,(H,29,33)/t26-/m0/s1. The number of fused-ring (bicyclic) bond motifs is 1. The first-order chi connectivity index (χ1) is 16.6. The van der Waals surface area contributed by atoms with Gasteiger partial charge in [0.25, 0.3) is 0 Å². The van der Waals surface area contributed by atoms with Crippen molar-refractivity contribution >= 4 is 34.4 Å². The Labute approximate surface area is 206 Å². The van der Waals surface area contributed by atoms with E-state index in [9.17, 15) is 9.59 Å². The number of unbranched alkanes of at least 4 members (excludes halogenated alkanes) is 2. The second-order valence-electron chi connectivity index (χ2n) is 8.84. The minimum Gasteiger partial charge on any atom is -0.356 e. The van der Waals surface area contributed by atoms with Crippen LogP contribution >= 0.6 is 11.8 Å². The van der Waals surface area contributed by atoms with Crippen molar-refractivity contribution in [1.82, 2.24) is 15.2 Å². The zero-order valence-electron chi connectivity index (χ0n) is 19.8. The highest BCUT2D eigenvalue weighted by Crippen LogP contribution is 2.30. The summed E-state index contributed by atoms with van der Waals surface area (Å²) in [5.74, 6) is 1.13. The number of nitrogens with zero attached hydrogens (tertiary/aromatic N) is 1. The third kappa shape index (κ3) is 6.11. The largest absolute Gasteiger partial charge is 0.356 e. The Bertz CT molecular complexity index is 1140. The molecule has 1 aliphatic rings. The van der Waals surface area contributed by atoms with Crippen LogP contribution in [0.25, 0.3) is 22.2 Å². The highest BCUT2D eigenvalue weighted by molar-refractivity contribution is 8.02. The number of nitrogens with one attached hydrogen (secondary N) is 2. The fraction of sp³-hybridized carbons (Fsp3) is 0.357. The molecule has 34 heavy (non-hydrogen) atoms. The summed E-state index contributed by atoms with van der Waals surface area (Å²) in [4.78, 5) is 30.1. The van der Waals surface area contributed by atoms with Crippen molar-refractivity contribution in [3.63, 3.8) is 0 Å². The Morgan fingerprint density at radius 2 is 1.85 bits per heavy atom.